The summed E-state index contributed by atoms with van der Waals surface area (Å²) in [6.45, 7) is 9.71. The van der Waals surface area contributed by atoms with Crippen molar-refractivity contribution >= 4 is 17.4 Å². The lowest BCUT2D eigenvalue weighted by atomic mass is 10.1. The molecule has 1 fully saturated rings. The van der Waals surface area contributed by atoms with Gasteiger partial charge in [-0.2, -0.15) is 0 Å². The van der Waals surface area contributed by atoms with Crippen molar-refractivity contribution in [2.24, 2.45) is 0 Å². The molecule has 1 saturated heterocycles. The number of rotatable bonds is 7. The Morgan fingerprint density at radius 1 is 1.29 bits per heavy atom. The van der Waals surface area contributed by atoms with E-state index in [0.717, 1.165) is 30.9 Å². The molecule has 1 aliphatic rings. The maximum Gasteiger partial charge on any atom is 0.319 e. The van der Waals surface area contributed by atoms with Crippen molar-refractivity contribution in [2.75, 3.05) is 43.1 Å². The largest absolute Gasteiger partial charge is 0.382 e. The normalized spacial score (nSPS) is 20.7. The van der Waals surface area contributed by atoms with Gasteiger partial charge in [0.1, 0.15) is 0 Å². The zero-order valence-electron chi connectivity index (χ0n) is 14.9. The number of hydrogen-bond acceptors (Lipinski definition) is 4. The zero-order valence-corrected chi connectivity index (χ0v) is 14.9. The average molecular weight is 335 g/mol. The first-order chi connectivity index (χ1) is 11.6. The van der Waals surface area contributed by atoms with Gasteiger partial charge in [-0.3, -0.25) is 0 Å². The van der Waals surface area contributed by atoms with Crippen LogP contribution in [0.1, 0.15) is 27.2 Å². The number of nitrogens with zero attached hydrogens (tertiary/aromatic N) is 1. The van der Waals surface area contributed by atoms with Crippen LogP contribution < -0.4 is 15.5 Å². The van der Waals surface area contributed by atoms with Crippen LogP contribution in [0.4, 0.5) is 16.2 Å². The van der Waals surface area contributed by atoms with Crippen LogP contribution >= 0.6 is 0 Å². The molecule has 1 heterocycles. The van der Waals surface area contributed by atoms with Crippen LogP contribution in [0.3, 0.4) is 0 Å². The molecular formula is C18H29N3O3. The first-order valence-electron chi connectivity index (χ1n) is 8.72. The molecule has 2 atom stereocenters. The summed E-state index contributed by atoms with van der Waals surface area (Å²) in [6.07, 6.45) is 1.16. The summed E-state index contributed by atoms with van der Waals surface area (Å²) in [7, 11) is 0. The van der Waals surface area contributed by atoms with E-state index in [2.05, 4.69) is 29.4 Å². The van der Waals surface area contributed by atoms with Crippen LogP contribution in [0.25, 0.3) is 0 Å². The van der Waals surface area contributed by atoms with Gasteiger partial charge in [0.25, 0.3) is 0 Å². The summed E-state index contributed by atoms with van der Waals surface area (Å²) in [6, 6.07) is 7.70. The Hall–Kier alpha value is -1.79. The van der Waals surface area contributed by atoms with Gasteiger partial charge in [-0.05, 0) is 39.3 Å². The molecule has 1 aromatic rings. The number of morpholine rings is 1. The quantitative estimate of drug-likeness (QED) is 0.752. The molecule has 24 heavy (non-hydrogen) atoms. The lowest BCUT2D eigenvalue weighted by Gasteiger charge is -2.37. The Morgan fingerprint density at radius 2 is 2.00 bits per heavy atom. The molecule has 2 rings (SSSR count). The lowest BCUT2D eigenvalue weighted by Crippen LogP contribution is -2.45. The SMILES string of the molecule is CCOCCCNC(=O)Nc1ccccc1N1CC(C)OC(C)C1. The highest BCUT2D eigenvalue weighted by atomic mass is 16.5. The molecule has 0 aliphatic carbocycles. The topological polar surface area (TPSA) is 62.8 Å². The second kappa shape index (κ2) is 9.49. The van der Waals surface area contributed by atoms with Crippen LogP contribution in [-0.2, 0) is 9.47 Å². The predicted molar refractivity (Wildman–Crippen MR) is 96.8 cm³/mol. The van der Waals surface area contributed by atoms with Crippen molar-refractivity contribution in [2.45, 2.75) is 39.4 Å². The highest BCUT2D eigenvalue weighted by molar-refractivity contribution is 5.93. The monoisotopic (exact) mass is 335 g/mol. The predicted octanol–water partition coefficient (Wildman–Crippen LogP) is 2.85. The Morgan fingerprint density at radius 3 is 2.71 bits per heavy atom. The van der Waals surface area contributed by atoms with Gasteiger partial charge >= 0.3 is 6.03 Å². The van der Waals surface area contributed by atoms with Gasteiger partial charge in [0.05, 0.1) is 23.6 Å². The number of para-hydroxylation sites is 2. The van der Waals surface area contributed by atoms with E-state index in [-0.39, 0.29) is 18.2 Å². The van der Waals surface area contributed by atoms with Gasteiger partial charge < -0.3 is 25.0 Å². The van der Waals surface area contributed by atoms with Gasteiger partial charge in [0.15, 0.2) is 0 Å². The van der Waals surface area contributed by atoms with Crippen LogP contribution in [0.2, 0.25) is 0 Å². The number of anilines is 2. The summed E-state index contributed by atoms with van der Waals surface area (Å²) >= 11 is 0. The fraction of sp³-hybridized carbons (Fsp3) is 0.611. The van der Waals surface area contributed by atoms with E-state index in [1.807, 2.05) is 31.2 Å². The number of amides is 2. The second-order valence-electron chi connectivity index (χ2n) is 6.11. The number of ether oxygens (including phenoxy) is 2. The highest BCUT2D eigenvalue weighted by Gasteiger charge is 2.24. The number of benzene rings is 1. The molecular weight excluding hydrogens is 306 g/mol. The third-order valence-corrected chi connectivity index (χ3v) is 3.87. The van der Waals surface area contributed by atoms with Crippen molar-refractivity contribution < 1.29 is 14.3 Å². The van der Waals surface area contributed by atoms with Gasteiger partial charge in [0.2, 0.25) is 0 Å². The summed E-state index contributed by atoms with van der Waals surface area (Å²) in [5.41, 5.74) is 1.85. The molecule has 2 amide bonds. The molecule has 0 bridgehead atoms. The Bertz CT molecular complexity index is 514. The molecule has 2 N–H and O–H groups in total. The maximum atomic E-state index is 12.1. The molecule has 134 valence electrons. The second-order valence-corrected chi connectivity index (χ2v) is 6.11. The molecule has 0 aromatic heterocycles. The first kappa shape index (κ1) is 18.5. The van der Waals surface area contributed by atoms with Crippen molar-refractivity contribution in [1.82, 2.24) is 5.32 Å². The van der Waals surface area contributed by atoms with Crippen molar-refractivity contribution in [3.8, 4) is 0 Å². The van der Waals surface area contributed by atoms with E-state index < -0.39 is 0 Å². The van der Waals surface area contributed by atoms with Crippen LogP contribution in [-0.4, -0.2) is 51.1 Å². The minimum atomic E-state index is -0.187. The zero-order chi connectivity index (χ0) is 17.4. The average Bonchev–Trinajstić information content (AvgIpc) is 2.54. The summed E-state index contributed by atoms with van der Waals surface area (Å²) < 4.78 is 11.1. The van der Waals surface area contributed by atoms with Crippen molar-refractivity contribution in [3.63, 3.8) is 0 Å². The maximum absolute atomic E-state index is 12.1. The van der Waals surface area contributed by atoms with Gasteiger partial charge in [-0.25, -0.2) is 4.79 Å². The van der Waals surface area contributed by atoms with E-state index in [4.69, 9.17) is 9.47 Å². The summed E-state index contributed by atoms with van der Waals surface area (Å²) in [5, 5.41) is 5.82. The molecule has 1 aromatic carbocycles. The third kappa shape index (κ3) is 5.69. The summed E-state index contributed by atoms with van der Waals surface area (Å²) in [4.78, 5) is 14.4. The molecule has 0 radical (unpaired) electrons. The van der Waals surface area contributed by atoms with Crippen LogP contribution in [0.15, 0.2) is 24.3 Å². The number of nitrogens with one attached hydrogen (secondary N) is 2. The molecule has 6 heteroatoms. The van der Waals surface area contributed by atoms with Gasteiger partial charge in [-0.1, -0.05) is 12.1 Å². The standard InChI is InChI=1S/C18H29N3O3/c1-4-23-11-7-10-19-18(22)20-16-8-5-6-9-17(16)21-12-14(2)24-15(3)13-21/h5-6,8-9,14-15H,4,7,10-13H2,1-3H3,(H2,19,20,22). The molecule has 0 saturated carbocycles. The van der Waals surface area contributed by atoms with Gasteiger partial charge in [-0.15, -0.1) is 0 Å². The van der Waals surface area contributed by atoms with E-state index in [1.165, 1.54) is 0 Å². The van der Waals surface area contributed by atoms with Gasteiger partial charge in [0, 0.05) is 32.8 Å². The molecule has 2 unspecified atom stereocenters. The highest BCUT2D eigenvalue weighted by Crippen LogP contribution is 2.28. The fourth-order valence-corrected chi connectivity index (χ4v) is 2.92. The van der Waals surface area contributed by atoms with Crippen LogP contribution in [0, 0.1) is 0 Å². The first-order valence-corrected chi connectivity index (χ1v) is 8.72. The van der Waals surface area contributed by atoms with Crippen molar-refractivity contribution in [1.29, 1.82) is 0 Å². The van der Waals surface area contributed by atoms with E-state index in [9.17, 15) is 4.79 Å². The van der Waals surface area contributed by atoms with E-state index in [1.54, 1.807) is 0 Å². The minimum absolute atomic E-state index is 0.175. The Balaban J connectivity index is 1.92. The Kier molecular flexibility index (Phi) is 7.34. The van der Waals surface area contributed by atoms with E-state index >= 15 is 0 Å². The molecule has 6 nitrogen and oxygen atoms in total. The lowest BCUT2D eigenvalue weighted by molar-refractivity contribution is -0.00517. The number of carbonyl (C=O) groups is 1. The van der Waals surface area contributed by atoms with E-state index in [0.29, 0.717) is 19.8 Å². The Labute approximate surface area is 144 Å². The summed E-state index contributed by atoms with van der Waals surface area (Å²) in [5.74, 6) is 0. The number of urea groups is 1. The minimum Gasteiger partial charge on any atom is -0.382 e. The van der Waals surface area contributed by atoms with Crippen molar-refractivity contribution in [3.05, 3.63) is 24.3 Å². The smallest absolute Gasteiger partial charge is 0.319 e. The number of carbonyl (C=O) groups excluding carboxylic acids is 1. The fourth-order valence-electron chi connectivity index (χ4n) is 2.92. The molecule has 0 spiro atoms. The van der Waals surface area contributed by atoms with Crippen LogP contribution in [0.5, 0.6) is 0 Å². The molecule has 1 aliphatic heterocycles. The third-order valence-electron chi connectivity index (χ3n) is 3.87. The number of hydrogen-bond donors (Lipinski definition) is 2.